The number of nitrogens with zero attached hydrogens (tertiary/aromatic N) is 2. The number of nitrogens with two attached hydrogens (primary N) is 1. The minimum atomic E-state index is -1.40. The second kappa shape index (κ2) is 5.33. The number of rotatable bonds is 4. The molecule has 2 rings (SSSR count). The average Bonchev–Trinajstić information content (AvgIpc) is 2.65. The molecular formula is C12H17N3O5. The van der Waals surface area contributed by atoms with Crippen LogP contribution in [0, 0.1) is 0 Å². The van der Waals surface area contributed by atoms with Gasteiger partial charge in [0.05, 0.1) is 6.61 Å². The molecule has 0 bridgehead atoms. The molecule has 5 N–H and O–H groups in total. The summed E-state index contributed by atoms with van der Waals surface area (Å²) in [6.45, 7) is 3.00. The van der Waals surface area contributed by atoms with Crippen molar-refractivity contribution in [3.05, 3.63) is 35.4 Å². The summed E-state index contributed by atoms with van der Waals surface area (Å²) in [5, 5.41) is 29.6. The summed E-state index contributed by atoms with van der Waals surface area (Å²) < 4.78 is 6.55. The van der Waals surface area contributed by atoms with Crippen LogP contribution < -0.4 is 11.4 Å². The molecule has 0 aromatic carbocycles. The number of aliphatic hydroxyl groups is 3. The zero-order chi connectivity index (χ0) is 14.9. The fourth-order valence-electron chi connectivity index (χ4n) is 2.30. The maximum absolute atomic E-state index is 11.8. The van der Waals surface area contributed by atoms with E-state index in [2.05, 4.69) is 11.6 Å². The van der Waals surface area contributed by atoms with Crippen LogP contribution in [0.25, 0.3) is 0 Å². The van der Waals surface area contributed by atoms with E-state index in [9.17, 15) is 20.1 Å². The third-order valence-corrected chi connectivity index (χ3v) is 3.39. The van der Waals surface area contributed by atoms with Crippen LogP contribution in [0.2, 0.25) is 0 Å². The monoisotopic (exact) mass is 283 g/mol. The van der Waals surface area contributed by atoms with Crippen molar-refractivity contribution >= 4 is 5.82 Å². The number of nitrogen functional groups attached to an aromatic ring is 1. The summed E-state index contributed by atoms with van der Waals surface area (Å²) in [4.78, 5) is 15.3. The molecule has 0 unspecified atom stereocenters. The fraction of sp³-hybridized carbons (Fsp3) is 0.500. The van der Waals surface area contributed by atoms with Crippen molar-refractivity contribution in [2.24, 2.45) is 0 Å². The Balaban J connectivity index is 2.39. The molecule has 1 fully saturated rings. The highest BCUT2D eigenvalue weighted by atomic mass is 16.6. The molecule has 0 radical (unpaired) electrons. The Bertz CT molecular complexity index is 560. The molecule has 110 valence electrons. The van der Waals surface area contributed by atoms with Gasteiger partial charge in [-0.25, -0.2) is 4.79 Å². The SMILES string of the molecule is C=CC[C@]1(CO)O[C@@H](n2ccc(N)nc2=O)[C@H](O)[C@@H]1O. The number of hydrogen-bond acceptors (Lipinski definition) is 7. The van der Waals surface area contributed by atoms with E-state index in [0.717, 1.165) is 4.57 Å². The summed E-state index contributed by atoms with van der Waals surface area (Å²) >= 11 is 0. The van der Waals surface area contributed by atoms with Crippen LogP contribution in [0.5, 0.6) is 0 Å². The molecule has 0 amide bonds. The van der Waals surface area contributed by atoms with Crippen LogP contribution in [0.1, 0.15) is 12.6 Å². The summed E-state index contributed by atoms with van der Waals surface area (Å²) in [5.74, 6) is 0.0406. The molecule has 1 saturated heterocycles. The summed E-state index contributed by atoms with van der Waals surface area (Å²) in [6, 6.07) is 1.37. The molecule has 1 aromatic heterocycles. The van der Waals surface area contributed by atoms with E-state index < -0.39 is 36.3 Å². The number of ether oxygens (including phenoxy) is 1. The van der Waals surface area contributed by atoms with E-state index in [1.807, 2.05) is 0 Å². The quantitative estimate of drug-likeness (QED) is 0.488. The van der Waals surface area contributed by atoms with E-state index in [0.29, 0.717) is 0 Å². The summed E-state index contributed by atoms with van der Waals surface area (Å²) in [5.41, 5.74) is 3.27. The topological polar surface area (TPSA) is 131 Å². The smallest absolute Gasteiger partial charge is 0.351 e. The van der Waals surface area contributed by atoms with Crippen molar-refractivity contribution in [2.45, 2.75) is 30.5 Å². The molecule has 8 heteroatoms. The summed E-state index contributed by atoms with van der Waals surface area (Å²) in [6.07, 6.45) is -1.01. The van der Waals surface area contributed by atoms with Gasteiger partial charge in [0.15, 0.2) is 6.23 Å². The lowest BCUT2D eigenvalue weighted by molar-refractivity contribution is -0.127. The molecule has 0 aliphatic carbocycles. The Morgan fingerprint density at radius 1 is 1.60 bits per heavy atom. The lowest BCUT2D eigenvalue weighted by Gasteiger charge is -2.28. The van der Waals surface area contributed by atoms with Crippen molar-refractivity contribution in [3.8, 4) is 0 Å². The first kappa shape index (κ1) is 14.7. The molecule has 4 atom stereocenters. The number of aliphatic hydroxyl groups excluding tert-OH is 3. The Morgan fingerprint density at radius 3 is 2.85 bits per heavy atom. The van der Waals surface area contributed by atoms with Crippen molar-refractivity contribution < 1.29 is 20.1 Å². The molecule has 0 saturated carbocycles. The van der Waals surface area contributed by atoms with Gasteiger partial charge in [0.1, 0.15) is 23.6 Å². The molecule has 1 aromatic rings. The molecular weight excluding hydrogens is 266 g/mol. The van der Waals surface area contributed by atoms with Gasteiger partial charge in [0.2, 0.25) is 0 Å². The maximum Gasteiger partial charge on any atom is 0.351 e. The Hall–Kier alpha value is -1.74. The van der Waals surface area contributed by atoms with E-state index in [4.69, 9.17) is 10.5 Å². The van der Waals surface area contributed by atoms with Crippen molar-refractivity contribution in [1.29, 1.82) is 0 Å². The van der Waals surface area contributed by atoms with Crippen molar-refractivity contribution in [2.75, 3.05) is 12.3 Å². The van der Waals surface area contributed by atoms with Gasteiger partial charge in [-0.05, 0) is 12.5 Å². The Labute approximate surface area is 114 Å². The normalized spacial score (nSPS) is 33.2. The first-order chi connectivity index (χ1) is 9.45. The standard InChI is InChI=1S/C12H17N3O5/c1-2-4-12(6-16)9(18)8(17)10(20-12)15-5-3-7(13)14-11(15)19/h2-3,5,8-10,16-18H,1,4,6H2,(H2,13,14,19)/t8-,9+,10-,12-/m1/s1. The average molecular weight is 283 g/mol. The fourth-order valence-corrected chi connectivity index (χ4v) is 2.30. The maximum atomic E-state index is 11.8. The predicted molar refractivity (Wildman–Crippen MR) is 69.7 cm³/mol. The van der Waals surface area contributed by atoms with Gasteiger partial charge in [-0.2, -0.15) is 4.98 Å². The highest BCUT2D eigenvalue weighted by molar-refractivity contribution is 5.23. The van der Waals surface area contributed by atoms with Crippen LogP contribution in [0.4, 0.5) is 5.82 Å². The second-order valence-electron chi connectivity index (χ2n) is 4.70. The van der Waals surface area contributed by atoms with Crippen LogP contribution in [0.3, 0.4) is 0 Å². The molecule has 1 aliphatic rings. The van der Waals surface area contributed by atoms with Crippen LogP contribution >= 0.6 is 0 Å². The molecule has 2 heterocycles. The molecule has 0 spiro atoms. The zero-order valence-electron chi connectivity index (χ0n) is 10.7. The Morgan fingerprint density at radius 2 is 2.30 bits per heavy atom. The lowest BCUT2D eigenvalue weighted by atomic mass is 9.92. The third kappa shape index (κ3) is 2.22. The minimum absolute atomic E-state index is 0.0406. The molecule has 20 heavy (non-hydrogen) atoms. The van der Waals surface area contributed by atoms with E-state index in [1.165, 1.54) is 18.3 Å². The van der Waals surface area contributed by atoms with Crippen molar-refractivity contribution in [1.82, 2.24) is 9.55 Å². The van der Waals surface area contributed by atoms with Crippen LogP contribution in [0.15, 0.2) is 29.7 Å². The number of hydrogen-bond donors (Lipinski definition) is 4. The van der Waals surface area contributed by atoms with E-state index in [-0.39, 0.29) is 12.2 Å². The van der Waals surface area contributed by atoms with E-state index in [1.54, 1.807) is 0 Å². The predicted octanol–water partition coefficient (Wildman–Crippen LogP) is -1.62. The minimum Gasteiger partial charge on any atom is -0.393 e. The van der Waals surface area contributed by atoms with Crippen LogP contribution in [-0.4, -0.2) is 49.3 Å². The van der Waals surface area contributed by atoms with Gasteiger partial charge in [-0.15, -0.1) is 6.58 Å². The zero-order valence-corrected chi connectivity index (χ0v) is 10.7. The number of aromatic nitrogens is 2. The van der Waals surface area contributed by atoms with Gasteiger partial charge in [0.25, 0.3) is 0 Å². The molecule has 1 aliphatic heterocycles. The molecule has 8 nitrogen and oxygen atoms in total. The first-order valence-corrected chi connectivity index (χ1v) is 6.05. The highest BCUT2D eigenvalue weighted by Crippen LogP contribution is 2.38. The largest absolute Gasteiger partial charge is 0.393 e. The highest BCUT2D eigenvalue weighted by Gasteiger charge is 2.54. The second-order valence-corrected chi connectivity index (χ2v) is 4.70. The van der Waals surface area contributed by atoms with E-state index >= 15 is 0 Å². The summed E-state index contributed by atoms with van der Waals surface area (Å²) in [7, 11) is 0. The van der Waals surface area contributed by atoms with Gasteiger partial charge in [0, 0.05) is 6.20 Å². The number of anilines is 1. The lowest BCUT2D eigenvalue weighted by Crippen LogP contribution is -2.45. The van der Waals surface area contributed by atoms with Gasteiger partial charge < -0.3 is 25.8 Å². The van der Waals surface area contributed by atoms with Crippen LogP contribution in [-0.2, 0) is 4.74 Å². The van der Waals surface area contributed by atoms with Gasteiger partial charge >= 0.3 is 5.69 Å². The first-order valence-electron chi connectivity index (χ1n) is 6.05. The van der Waals surface area contributed by atoms with Crippen molar-refractivity contribution in [3.63, 3.8) is 0 Å². The van der Waals surface area contributed by atoms with Gasteiger partial charge in [-0.1, -0.05) is 6.08 Å². The third-order valence-electron chi connectivity index (χ3n) is 3.39. The van der Waals surface area contributed by atoms with Gasteiger partial charge in [-0.3, -0.25) is 4.57 Å². The Kier molecular flexibility index (Phi) is 3.91.